The van der Waals surface area contributed by atoms with Gasteiger partial charge in [0.25, 0.3) is 5.91 Å². The zero-order valence-electron chi connectivity index (χ0n) is 14.8. The molecule has 0 saturated heterocycles. The van der Waals surface area contributed by atoms with Crippen molar-refractivity contribution in [2.45, 2.75) is 12.8 Å². The van der Waals surface area contributed by atoms with Crippen LogP contribution in [-0.4, -0.2) is 25.7 Å². The molecule has 2 aliphatic heterocycles. The summed E-state index contributed by atoms with van der Waals surface area (Å²) in [5.74, 6) is 1.63. The fraction of sp³-hybridized carbons (Fsp3) is 0.227. The van der Waals surface area contributed by atoms with E-state index in [0.717, 1.165) is 51.9 Å². The van der Waals surface area contributed by atoms with E-state index in [1.54, 1.807) is 0 Å². The maximum absolute atomic E-state index is 13.1. The number of carbonyl (C=O) groups excluding carboxylic acids is 1. The predicted octanol–water partition coefficient (Wildman–Crippen LogP) is 4.78. The minimum Gasteiger partial charge on any atom is -0.486 e. The third-order valence-electron chi connectivity index (χ3n) is 5.00. The number of fused-ring (bicyclic) bond motifs is 2. The molecule has 5 heteroatoms. The van der Waals surface area contributed by atoms with Crippen molar-refractivity contribution in [2.24, 2.45) is 0 Å². The molecule has 0 atom stereocenters. The van der Waals surface area contributed by atoms with Crippen LogP contribution in [0.1, 0.15) is 21.7 Å². The smallest absolute Gasteiger partial charge is 0.268 e. The summed E-state index contributed by atoms with van der Waals surface area (Å²) in [6.07, 6.45) is 2.04. The topological polar surface area (TPSA) is 38.8 Å². The van der Waals surface area contributed by atoms with Crippen molar-refractivity contribution < 1.29 is 14.3 Å². The first kappa shape index (κ1) is 16.4. The summed E-state index contributed by atoms with van der Waals surface area (Å²) in [6.45, 7) is 1.92. The van der Waals surface area contributed by atoms with Gasteiger partial charge in [0.15, 0.2) is 11.5 Å². The lowest BCUT2D eigenvalue weighted by Crippen LogP contribution is -2.34. The average Bonchev–Trinajstić information content (AvgIpc) is 3.23. The molecule has 0 N–H and O–H groups in total. The molecule has 1 amide bonds. The summed E-state index contributed by atoms with van der Waals surface area (Å²) < 4.78 is 11.3. The number of benzene rings is 2. The number of ether oxygens (including phenoxy) is 2. The highest BCUT2D eigenvalue weighted by Gasteiger charge is 2.24. The molecule has 136 valence electrons. The largest absolute Gasteiger partial charge is 0.486 e. The van der Waals surface area contributed by atoms with E-state index in [0.29, 0.717) is 13.2 Å². The van der Waals surface area contributed by atoms with Gasteiger partial charge in [-0.05, 0) is 60.4 Å². The number of carbonyl (C=O) groups is 1. The van der Waals surface area contributed by atoms with Gasteiger partial charge >= 0.3 is 0 Å². The van der Waals surface area contributed by atoms with Crippen molar-refractivity contribution >= 4 is 22.9 Å². The molecule has 1 aromatic heterocycles. The van der Waals surface area contributed by atoms with Gasteiger partial charge < -0.3 is 14.4 Å². The molecular formula is C22H19NO3S. The number of thiophene rings is 1. The highest BCUT2D eigenvalue weighted by atomic mass is 32.1. The molecule has 3 heterocycles. The van der Waals surface area contributed by atoms with Crippen LogP contribution < -0.4 is 14.4 Å². The summed E-state index contributed by atoms with van der Waals surface area (Å²) >= 11 is 1.53. The Morgan fingerprint density at radius 1 is 0.963 bits per heavy atom. The van der Waals surface area contributed by atoms with Gasteiger partial charge in [0, 0.05) is 17.1 Å². The second-order valence-corrected chi connectivity index (χ2v) is 7.80. The molecule has 2 aromatic carbocycles. The van der Waals surface area contributed by atoms with Gasteiger partial charge in [0.1, 0.15) is 13.2 Å². The molecule has 27 heavy (non-hydrogen) atoms. The van der Waals surface area contributed by atoms with Crippen LogP contribution in [0.15, 0.2) is 54.6 Å². The van der Waals surface area contributed by atoms with Crippen molar-refractivity contribution in [1.29, 1.82) is 0 Å². The van der Waals surface area contributed by atoms with E-state index in [2.05, 4.69) is 6.07 Å². The van der Waals surface area contributed by atoms with Crippen molar-refractivity contribution in [3.8, 4) is 21.9 Å². The summed E-state index contributed by atoms with van der Waals surface area (Å²) in [5.41, 5.74) is 3.34. The Hall–Kier alpha value is -2.79. The lowest BCUT2D eigenvalue weighted by molar-refractivity contribution is 0.0989. The number of amides is 1. The Bertz CT molecular complexity index is 1010. The Morgan fingerprint density at radius 2 is 1.81 bits per heavy atom. The van der Waals surface area contributed by atoms with E-state index in [1.165, 1.54) is 16.9 Å². The number of rotatable bonds is 2. The molecule has 0 saturated carbocycles. The van der Waals surface area contributed by atoms with Crippen LogP contribution in [-0.2, 0) is 6.42 Å². The molecule has 5 rings (SSSR count). The van der Waals surface area contributed by atoms with Gasteiger partial charge in [-0.3, -0.25) is 4.79 Å². The maximum atomic E-state index is 13.1. The number of hydrogen-bond donors (Lipinski definition) is 0. The second-order valence-electron chi connectivity index (χ2n) is 6.71. The number of hydrogen-bond acceptors (Lipinski definition) is 4. The standard InChI is InChI=1S/C22H19NO3S/c24-22(23-11-3-5-15-4-1-2-6-17(15)23)21-10-9-20(27-21)16-7-8-18-19(14-16)26-13-12-25-18/h1-2,4,6-10,14H,3,5,11-13H2. The normalized spacial score (nSPS) is 15.3. The quantitative estimate of drug-likeness (QED) is 0.645. The SMILES string of the molecule is O=C(c1ccc(-c2ccc3c(c2)OCCO3)s1)N1CCCc2ccccc21. The van der Waals surface area contributed by atoms with E-state index in [-0.39, 0.29) is 5.91 Å². The first-order chi connectivity index (χ1) is 13.3. The number of para-hydroxylation sites is 1. The van der Waals surface area contributed by atoms with Crippen LogP contribution in [0.5, 0.6) is 11.5 Å². The molecular weight excluding hydrogens is 358 g/mol. The number of anilines is 1. The lowest BCUT2D eigenvalue weighted by atomic mass is 10.0. The monoisotopic (exact) mass is 377 g/mol. The Morgan fingerprint density at radius 3 is 2.74 bits per heavy atom. The predicted molar refractivity (Wildman–Crippen MR) is 107 cm³/mol. The van der Waals surface area contributed by atoms with Gasteiger partial charge in [-0.15, -0.1) is 11.3 Å². The van der Waals surface area contributed by atoms with E-state index in [9.17, 15) is 4.79 Å². The van der Waals surface area contributed by atoms with E-state index < -0.39 is 0 Å². The molecule has 0 spiro atoms. The molecule has 0 radical (unpaired) electrons. The van der Waals surface area contributed by atoms with Crippen molar-refractivity contribution in [3.63, 3.8) is 0 Å². The lowest BCUT2D eigenvalue weighted by Gasteiger charge is -2.29. The zero-order chi connectivity index (χ0) is 18.2. The Kier molecular flexibility index (Phi) is 4.09. The zero-order valence-corrected chi connectivity index (χ0v) is 15.6. The van der Waals surface area contributed by atoms with Gasteiger partial charge in [0.2, 0.25) is 0 Å². The van der Waals surface area contributed by atoms with E-state index in [4.69, 9.17) is 9.47 Å². The van der Waals surface area contributed by atoms with Crippen LogP contribution in [0.4, 0.5) is 5.69 Å². The fourth-order valence-electron chi connectivity index (χ4n) is 3.68. The van der Waals surface area contributed by atoms with Crippen LogP contribution >= 0.6 is 11.3 Å². The highest BCUT2D eigenvalue weighted by Crippen LogP contribution is 2.37. The Balaban J connectivity index is 1.44. The first-order valence-electron chi connectivity index (χ1n) is 9.19. The molecule has 0 aliphatic carbocycles. The minimum absolute atomic E-state index is 0.0796. The maximum Gasteiger partial charge on any atom is 0.268 e. The van der Waals surface area contributed by atoms with Gasteiger partial charge in [-0.2, -0.15) is 0 Å². The molecule has 0 fully saturated rings. The summed E-state index contributed by atoms with van der Waals surface area (Å²) in [6, 6.07) is 18.1. The minimum atomic E-state index is 0.0796. The van der Waals surface area contributed by atoms with Crippen LogP contribution in [0.2, 0.25) is 0 Å². The van der Waals surface area contributed by atoms with Gasteiger partial charge in [0.05, 0.1) is 4.88 Å². The third kappa shape index (κ3) is 2.98. The molecule has 2 aliphatic rings. The highest BCUT2D eigenvalue weighted by molar-refractivity contribution is 7.17. The Labute approximate surface area is 162 Å². The van der Waals surface area contributed by atoms with Gasteiger partial charge in [-0.25, -0.2) is 0 Å². The van der Waals surface area contributed by atoms with E-state index >= 15 is 0 Å². The van der Waals surface area contributed by atoms with Crippen molar-refractivity contribution in [1.82, 2.24) is 0 Å². The van der Waals surface area contributed by atoms with Crippen molar-refractivity contribution in [3.05, 3.63) is 65.0 Å². The number of nitrogens with zero attached hydrogens (tertiary/aromatic N) is 1. The third-order valence-corrected chi connectivity index (χ3v) is 6.12. The van der Waals surface area contributed by atoms with Crippen LogP contribution in [0.3, 0.4) is 0 Å². The molecule has 3 aromatic rings. The summed E-state index contributed by atoms with van der Waals surface area (Å²) in [4.78, 5) is 16.9. The van der Waals surface area contributed by atoms with E-state index in [1.807, 2.05) is 53.4 Å². The van der Waals surface area contributed by atoms with Gasteiger partial charge in [-0.1, -0.05) is 18.2 Å². The van der Waals surface area contributed by atoms with Crippen LogP contribution in [0, 0.1) is 0 Å². The molecule has 4 nitrogen and oxygen atoms in total. The summed E-state index contributed by atoms with van der Waals surface area (Å²) in [5, 5.41) is 0. The fourth-order valence-corrected chi connectivity index (χ4v) is 4.63. The average molecular weight is 377 g/mol. The second kappa shape index (κ2) is 6.74. The number of aryl methyl sites for hydroxylation is 1. The molecule has 0 bridgehead atoms. The van der Waals surface area contributed by atoms with Crippen molar-refractivity contribution in [2.75, 3.05) is 24.7 Å². The van der Waals surface area contributed by atoms with Crippen LogP contribution in [0.25, 0.3) is 10.4 Å². The molecule has 0 unspecified atom stereocenters. The first-order valence-corrected chi connectivity index (χ1v) is 10.0. The summed E-state index contributed by atoms with van der Waals surface area (Å²) in [7, 11) is 0.